The van der Waals surface area contributed by atoms with Crippen LogP contribution in [0.4, 0.5) is 0 Å². The second-order valence-corrected chi connectivity index (χ2v) is 4.07. The monoisotopic (exact) mass is 183 g/mol. The van der Waals surface area contributed by atoms with Gasteiger partial charge in [0.15, 0.2) is 0 Å². The standard InChI is InChI=1S/C12H8P/c1-2-9-6-11-4-5-13-8-12(11)7-10(9)3-1/h1-7,13H. The van der Waals surface area contributed by atoms with Crippen LogP contribution in [-0.2, 0) is 0 Å². The van der Waals surface area contributed by atoms with Crippen LogP contribution in [-0.4, -0.2) is 0 Å². The summed E-state index contributed by atoms with van der Waals surface area (Å²) in [5.41, 5.74) is 0. The number of benzene rings is 1. The van der Waals surface area contributed by atoms with Gasteiger partial charge >= 0.3 is 0 Å². The normalized spacial score (nSPS) is 11.7. The number of rotatable bonds is 0. The topological polar surface area (TPSA) is 0 Å². The van der Waals surface area contributed by atoms with Crippen molar-refractivity contribution in [2.24, 2.45) is 0 Å². The van der Waals surface area contributed by atoms with Gasteiger partial charge in [-0.3, -0.25) is 0 Å². The first-order valence-corrected chi connectivity index (χ1v) is 5.39. The molecule has 0 bridgehead atoms. The van der Waals surface area contributed by atoms with Gasteiger partial charge in [-0.2, -0.15) is 0 Å². The van der Waals surface area contributed by atoms with E-state index in [4.69, 9.17) is 0 Å². The van der Waals surface area contributed by atoms with Gasteiger partial charge in [-0.25, -0.2) is 0 Å². The van der Waals surface area contributed by atoms with E-state index in [9.17, 15) is 0 Å². The fourth-order valence-corrected chi connectivity index (χ4v) is 2.41. The molecule has 0 nitrogen and oxygen atoms in total. The Morgan fingerprint density at radius 1 is 0.923 bits per heavy atom. The lowest BCUT2D eigenvalue weighted by atomic mass is 10.1. The van der Waals surface area contributed by atoms with E-state index in [0.29, 0.717) is 0 Å². The highest BCUT2D eigenvalue weighted by atomic mass is 31.0. The number of fused-ring (bicyclic) bond motifs is 2. The highest BCUT2D eigenvalue weighted by molar-refractivity contribution is 7.28. The van der Waals surface area contributed by atoms with Crippen LogP contribution in [0.5, 0.6) is 0 Å². The minimum Gasteiger partial charge on any atom is -0.131 e. The zero-order chi connectivity index (χ0) is 8.67. The molecule has 1 atom stereocenters. The Labute approximate surface area is 78.3 Å². The van der Waals surface area contributed by atoms with Gasteiger partial charge in [0.05, 0.1) is 0 Å². The zero-order valence-electron chi connectivity index (χ0n) is 7.04. The van der Waals surface area contributed by atoms with Crippen LogP contribution < -0.4 is 0 Å². The molecule has 0 fully saturated rings. The molecule has 3 aromatic rings. The molecular formula is C12H8P. The fraction of sp³-hybridized carbons (Fsp3) is 0. The summed E-state index contributed by atoms with van der Waals surface area (Å²) in [5, 5.41) is 5.22. The molecule has 1 aromatic heterocycles. The predicted octanol–water partition coefficient (Wildman–Crippen LogP) is 3.82. The molecular weight excluding hydrogens is 175 g/mol. The first-order valence-electron chi connectivity index (χ1n) is 4.31. The SMILES string of the molecule is [c]1[pH]ccc2cc3cccc3cc12. The molecule has 0 spiro atoms. The molecule has 13 heavy (non-hydrogen) atoms. The lowest BCUT2D eigenvalue weighted by Crippen LogP contribution is -1.69. The second kappa shape index (κ2) is 2.61. The quantitative estimate of drug-likeness (QED) is 0.497. The Kier molecular flexibility index (Phi) is 1.44. The minimum absolute atomic E-state index is 0.719. The van der Waals surface area contributed by atoms with Gasteiger partial charge in [0, 0.05) is 5.80 Å². The van der Waals surface area contributed by atoms with Crippen LogP contribution in [0.2, 0.25) is 0 Å². The Bertz CT molecular complexity index is 514. The van der Waals surface area contributed by atoms with Crippen molar-refractivity contribution in [2.45, 2.75) is 0 Å². The van der Waals surface area contributed by atoms with Crippen molar-refractivity contribution in [3.05, 3.63) is 48.0 Å². The van der Waals surface area contributed by atoms with Crippen molar-refractivity contribution in [1.29, 1.82) is 0 Å². The molecule has 61 valence electrons. The molecule has 1 heterocycles. The molecule has 0 aliphatic heterocycles. The maximum Gasteiger partial charge on any atom is 0.0103 e. The predicted molar refractivity (Wildman–Crippen MR) is 59.8 cm³/mol. The summed E-state index contributed by atoms with van der Waals surface area (Å²) in [6, 6.07) is 13.1. The summed E-state index contributed by atoms with van der Waals surface area (Å²) in [5.74, 6) is 5.56. The van der Waals surface area contributed by atoms with Gasteiger partial charge < -0.3 is 0 Å². The zero-order valence-corrected chi connectivity index (χ0v) is 8.04. The van der Waals surface area contributed by atoms with Crippen molar-refractivity contribution < 1.29 is 0 Å². The number of hydrogen-bond donors (Lipinski definition) is 0. The largest absolute Gasteiger partial charge is 0.131 e. The van der Waals surface area contributed by atoms with E-state index in [1.165, 1.54) is 21.5 Å². The molecule has 0 saturated heterocycles. The summed E-state index contributed by atoms with van der Waals surface area (Å²) >= 11 is 0. The molecule has 0 amide bonds. The lowest BCUT2D eigenvalue weighted by molar-refractivity contribution is 1.95. The van der Waals surface area contributed by atoms with E-state index in [-0.39, 0.29) is 0 Å². The van der Waals surface area contributed by atoms with Crippen LogP contribution in [0.15, 0.2) is 42.2 Å². The van der Waals surface area contributed by atoms with Crippen molar-refractivity contribution >= 4 is 29.7 Å². The summed E-state index contributed by atoms with van der Waals surface area (Å²) < 4.78 is 0. The molecule has 1 heteroatoms. The molecule has 3 rings (SSSR count). The third-order valence-electron chi connectivity index (χ3n) is 2.36. The highest BCUT2D eigenvalue weighted by Gasteiger charge is 1.96. The fourth-order valence-electron chi connectivity index (χ4n) is 1.69. The van der Waals surface area contributed by atoms with E-state index in [1.807, 2.05) is 0 Å². The smallest absolute Gasteiger partial charge is 0.0103 e. The Balaban J connectivity index is 2.57. The molecule has 2 aromatic carbocycles. The lowest BCUT2D eigenvalue weighted by Gasteiger charge is -1.96. The van der Waals surface area contributed by atoms with Crippen LogP contribution in [0.1, 0.15) is 0 Å². The van der Waals surface area contributed by atoms with Crippen molar-refractivity contribution in [3.63, 3.8) is 0 Å². The Hall–Kier alpha value is -1.26. The van der Waals surface area contributed by atoms with E-state index in [1.54, 1.807) is 0 Å². The summed E-state index contributed by atoms with van der Waals surface area (Å²) in [7, 11) is 0.719. The molecule has 0 aliphatic carbocycles. The summed E-state index contributed by atoms with van der Waals surface area (Å²) in [6.07, 6.45) is 0. The van der Waals surface area contributed by atoms with Gasteiger partial charge in [0.1, 0.15) is 0 Å². The Morgan fingerprint density at radius 2 is 1.77 bits per heavy atom. The molecule has 1 radical (unpaired) electrons. The van der Waals surface area contributed by atoms with E-state index < -0.39 is 0 Å². The van der Waals surface area contributed by atoms with Crippen molar-refractivity contribution in [2.75, 3.05) is 0 Å². The first kappa shape index (κ1) is 7.17. The summed E-state index contributed by atoms with van der Waals surface area (Å²) in [4.78, 5) is 0. The van der Waals surface area contributed by atoms with Gasteiger partial charge in [0.25, 0.3) is 0 Å². The van der Waals surface area contributed by atoms with E-state index in [2.05, 4.69) is 48.0 Å². The molecule has 0 saturated carbocycles. The van der Waals surface area contributed by atoms with Crippen LogP contribution in [0, 0.1) is 5.80 Å². The van der Waals surface area contributed by atoms with Crippen LogP contribution in [0.3, 0.4) is 0 Å². The van der Waals surface area contributed by atoms with E-state index in [0.717, 1.165) is 8.19 Å². The maximum atomic E-state index is 3.39. The van der Waals surface area contributed by atoms with Crippen molar-refractivity contribution in [1.82, 2.24) is 0 Å². The maximum absolute atomic E-state index is 3.39. The van der Waals surface area contributed by atoms with Gasteiger partial charge in [-0.1, -0.05) is 24.3 Å². The molecule has 0 N–H and O–H groups in total. The molecule has 0 aliphatic rings. The van der Waals surface area contributed by atoms with Gasteiger partial charge in [-0.05, 0) is 39.5 Å². The molecule has 1 unspecified atom stereocenters. The third kappa shape index (κ3) is 1.07. The Morgan fingerprint density at radius 3 is 2.69 bits per heavy atom. The number of hydrogen-bond acceptors (Lipinski definition) is 0. The average Bonchev–Trinajstić information content (AvgIpc) is 2.61. The van der Waals surface area contributed by atoms with Crippen LogP contribution >= 0.6 is 8.19 Å². The van der Waals surface area contributed by atoms with Gasteiger partial charge in [0.2, 0.25) is 0 Å². The van der Waals surface area contributed by atoms with Gasteiger partial charge in [-0.15, -0.1) is 8.19 Å². The van der Waals surface area contributed by atoms with Crippen molar-refractivity contribution in [3.8, 4) is 0 Å². The highest BCUT2D eigenvalue weighted by Crippen LogP contribution is 2.24. The summed E-state index contributed by atoms with van der Waals surface area (Å²) in [6.45, 7) is 0. The van der Waals surface area contributed by atoms with Crippen LogP contribution in [0.25, 0.3) is 21.5 Å². The van der Waals surface area contributed by atoms with E-state index >= 15 is 0 Å². The average molecular weight is 183 g/mol. The third-order valence-corrected chi connectivity index (χ3v) is 3.11. The second-order valence-electron chi connectivity index (χ2n) is 3.20. The minimum atomic E-state index is 0.719. The first-order chi connectivity index (χ1) is 6.43.